The molecule has 84 valence electrons. The van der Waals surface area contributed by atoms with Gasteiger partial charge in [-0.1, -0.05) is 19.9 Å². The maximum Gasteiger partial charge on any atom is 0.134 e. The van der Waals surface area contributed by atoms with Crippen LogP contribution in [0.1, 0.15) is 37.3 Å². The first-order valence-electron chi connectivity index (χ1n) is 5.45. The molecule has 16 heavy (non-hydrogen) atoms. The monoisotopic (exact) mass is 233 g/mol. The van der Waals surface area contributed by atoms with Gasteiger partial charge < -0.3 is 0 Å². The van der Waals surface area contributed by atoms with Crippen molar-refractivity contribution in [3.05, 3.63) is 28.8 Å². The highest BCUT2D eigenvalue weighted by Crippen LogP contribution is 2.28. The molecule has 1 aromatic heterocycles. The van der Waals surface area contributed by atoms with Crippen LogP contribution in [0.4, 0.5) is 0 Å². The molecule has 0 aliphatic carbocycles. The van der Waals surface area contributed by atoms with Crippen molar-refractivity contribution in [1.82, 2.24) is 4.98 Å². The van der Waals surface area contributed by atoms with E-state index in [1.54, 1.807) is 18.3 Å². The second-order valence-electron chi connectivity index (χ2n) is 4.39. The summed E-state index contributed by atoms with van der Waals surface area (Å²) < 4.78 is 1.18. The molecule has 0 saturated carbocycles. The molecule has 0 spiro atoms. The second kappa shape index (κ2) is 4.34. The van der Waals surface area contributed by atoms with Gasteiger partial charge in [0.15, 0.2) is 0 Å². The Bertz CT molecular complexity index is 528. The summed E-state index contributed by atoms with van der Waals surface area (Å²) in [7, 11) is 0. The average molecular weight is 233 g/mol. The van der Waals surface area contributed by atoms with E-state index < -0.39 is 0 Å². The largest absolute Gasteiger partial charge is 0.300 e. The highest BCUT2D eigenvalue weighted by molar-refractivity contribution is 7.18. The lowest BCUT2D eigenvalue weighted by Gasteiger charge is -1.96. The molecule has 0 radical (unpaired) electrons. The van der Waals surface area contributed by atoms with Gasteiger partial charge in [-0.15, -0.1) is 11.3 Å². The minimum Gasteiger partial charge on any atom is -0.300 e. The van der Waals surface area contributed by atoms with E-state index in [2.05, 4.69) is 24.9 Å². The number of fused-ring (bicyclic) bond motifs is 1. The fourth-order valence-electron chi connectivity index (χ4n) is 1.63. The van der Waals surface area contributed by atoms with E-state index >= 15 is 0 Å². The third kappa shape index (κ3) is 2.30. The summed E-state index contributed by atoms with van der Waals surface area (Å²) >= 11 is 1.72. The van der Waals surface area contributed by atoms with Crippen molar-refractivity contribution >= 4 is 27.3 Å². The van der Waals surface area contributed by atoms with Crippen molar-refractivity contribution in [2.24, 2.45) is 0 Å². The lowest BCUT2D eigenvalue weighted by atomic mass is 10.1. The Morgan fingerprint density at radius 1 is 1.44 bits per heavy atom. The van der Waals surface area contributed by atoms with E-state index in [4.69, 9.17) is 0 Å². The van der Waals surface area contributed by atoms with E-state index in [9.17, 15) is 4.79 Å². The summed E-state index contributed by atoms with van der Waals surface area (Å²) in [5, 5.41) is 1.16. The molecule has 0 bridgehead atoms. The predicted octanol–water partition coefficient (Wildman–Crippen LogP) is 3.55. The van der Waals surface area contributed by atoms with E-state index in [0.717, 1.165) is 16.1 Å². The highest BCUT2D eigenvalue weighted by atomic mass is 32.1. The molecule has 1 aromatic carbocycles. The van der Waals surface area contributed by atoms with Gasteiger partial charge in [0.25, 0.3) is 0 Å². The van der Waals surface area contributed by atoms with Crippen LogP contribution in [0.15, 0.2) is 18.2 Å². The van der Waals surface area contributed by atoms with Crippen LogP contribution in [-0.4, -0.2) is 10.8 Å². The SMILES string of the molecule is CC(=O)Cc1ccc2nc(C(C)C)sc2c1. The molecular weight excluding hydrogens is 218 g/mol. The van der Waals surface area contributed by atoms with Gasteiger partial charge in [0.1, 0.15) is 5.78 Å². The maximum atomic E-state index is 11.1. The van der Waals surface area contributed by atoms with E-state index in [0.29, 0.717) is 12.3 Å². The van der Waals surface area contributed by atoms with Crippen LogP contribution in [0.5, 0.6) is 0 Å². The predicted molar refractivity (Wildman–Crippen MR) is 68.1 cm³/mol. The van der Waals surface area contributed by atoms with Crippen molar-refractivity contribution in [2.75, 3.05) is 0 Å². The highest BCUT2D eigenvalue weighted by Gasteiger charge is 2.08. The summed E-state index contributed by atoms with van der Waals surface area (Å²) in [4.78, 5) is 15.6. The number of hydrogen-bond donors (Lipinski definition) is 0. The van der Waals surface area contributed by atoms with Crippen LogP contribution in [0.3, 0.4) is 0 Å². The quantitative estimate of drug-likeness (QED) is 0.811. The smallest absolute Gasteiger partial charge is 0.134 e. The number of Topliss-reactive ketones (excluding diaryl/α,β-unsaturated/α-hetero) is 1. The van der Waals surface area contributed by atoms with Gasteiger partial charge in [-0.05, 0) is 24.6 Å². The lowest BCUT2D eigenvalue weighted by Crippen LogP contribution is -1.95. The Kier molecular flexibility index (Phi) is 3.06. The Morgan fingerprint density at radius 3 is 2.81 bits per heavy atom. The molecule has 0 atom stereocenters. The van der Waals surface area contributed by atoms with E-state index in [-0.39, 0.29) is 5.78 Å². The van der Waals surface area contributed by atoms with Gasteiger partial charge in [-0.3, -0.25) is 4.79 Å². The standard InChI is InChI=1S/C13H15NOS/c1-8(2)13-14-11-5-4-10(6-9(3)15)7-12(11)16-13/h4-5,7-8H,6H2,1-3H3. The zero-order chi connectivity index (χ0) is 11.7. The normalized spacial score (nSPS) is 11.2. The van der Waals surface area contributed by atoms with Gasteiger partial charge in [0.05, 0.1) is 15.2 Å². The first-order chi connectivity index (χ1) is 7.56. The van der Waals surface area contributed by atoms with Gasteiger partial charge in [0, 0.05) is 12.3 Å². The molecule has 0 saturated heterocycles. The van der Waals surface area contributed by atoms with Crippen molar-refractivity contribution in [1.29, 1.82) is 0 Å². The number of benzene rings is 1. The van der Waals surface area contributed by atoms with Crippen LogP contribution in [0.25, 0.3) is 10.2 Å². The fraction of sp³-hybridized carbons (Fsp3) is 0.385. The Labute approximate surface area is 99.3 Å². The summed E-state index contributed by atoms with van der Waals surface area (Å²) in [5.74, 6) is 0.668. The molecule has 3 heteroatoms. The Hall–Kier alpha value is -1.22. The zero-order valence-corrected chi connectivity index (χ0v) is 10.6. The third-order valence-electron chi connectivity index (χ3n) is 2.42. The molecule has 0 N–H and O–H groups in total. The van der Waals surface area contributed by atoms with Gasteiger partial charge in [-0.2, -0.15) is 0 Å². The number of rotatable bonds is 3. The number of thiazole rings is 1. The number of hydrogen-bond acceptors (Lipinski definition) is 3. The topological polar surface area (TPSA) is 30.0 Å². The number of ketones is 1. The summed E-state index contributed by atoms with van der Waals surface area (Å²) in [6.45, 7) is 5.92. The zero-order valence-electron chi connectivity index (χ0n) is 9.78. The van der Waals surface area contributed by atoms with Crippen LogP contribution in [-0.2, 0) is 11.2 Å². The van der Waals surface area contributed by atoms with Gasteiger partial charge in [0.2, 0.25) is 0 Å². The Morgan fingerprint density at radius 2 is 2.19 bits per heavy atom. The van der Waals surface area contributed by atoms with Crippen LogP contribution in [0, 0.1) is 0 Å². The summed E-state index contributed by atoms with van der Waals surface area (Å²) in [6.07, 6.45) is 0.519. The second-order valence-corrected chi connectivity index (χ2v) is 5.45. The number of carbonyl (C=O) groups is 1. The number of aromatic nitrogens is 1. The summed E-state index contributed by atoms with van der Waals surface area (Å²) in [6, 6.07) is 6.09. The van der Waals surface area contributed by atoms with Crippen molar-refractivity contribution in [3.8, 4) is 0 Å². The van der Waals surface area contributed by atoms with E-state index in [1.165, 1.54) is 4.70 Å². The van der Waals surface area contributed by atoms with Crippen molar-refractivity contribution in [3.63, 3.8) is 0 Å². The summed E-state index contributed by atoms with van der Waals surface area (Å²) in [5.41, 5.74) is 2.12. The lowest BCUT2D eigenvalue weighted by molar-refractivity contribution is -0.116. The molecule has 0 unspecified atom stereocenters. The van der Waals surface area contributed by atoms with Gasteiger partial charge >= 0.3 is 0 Å². The third-order valence-corrected chi connectivity index (χ3v) is 3.74. The number of nitrogens with zero attached hydrogens (tertiary/aromatic N) is 1. The first kappa shape index (κ1) is 11.3. The molecule has 0 aliphatic heterocycles. The molecule has 0 fully saturated rings. The minimum atomic E-state index is 0.202. The number of carbonyl (C=O) groups excluding carboxylic acids is 1. The molecule has 2 nitrogen and oxygen atoms in total. The minimum absolute atomic E-state index is 0.202. The molecule has 0 aliphatic rings. The molecule has 0 amide bonds. The van der Waals surface area contributed by atoms with Crippen LogP contribution >= 0.6 is 11.3 Å². The van der Waals surface area contributed by atoms with E-state index in [1.807, 2.05) is 12.1 Å². The Balaban J connectivity index is 2.41. The average Bonchev–Trinajstić information content (AvgIpc) is 2.59. The molecule has 1 heterocycles. The molecular formula is C13H15NOS. The molecule has 2 rings (SSSR count). The first-order valence-corrected chi connectivity index (χ1v) is 6.26. The fourth-order valence-corrected chi connectivity index (χ4v) is 2.66. The van der Waals surface area contributed by atoms with Gasteiger partial charge in [-0.25, -0.2) is 4.98 Å². The molecule has 2 aromatic rings. The van der Waals surface area contributed by atoms with Crippen LogP contribution in [0.2, 0.25) is 0 Å². The van der Waals surface area contributed by atoms with Crippen LogP contribution < -0.4 is 0 Å². The van der Waals surface area contributed by atoms with Crippen molar-refractivity contribution in [2.45, 2.75) is 33.1 Å². The maximum absolute atomic E-state index is 11.1. The van der Waals surface area contributed by atoms with Crippen molar-refractivity contribution < 1.29 is 4.79 Å².